The highest BCUT2D eigenvalue weighted by Gasteiger charge is 2.14. The van der Waals surface area contributed by atoms with Gasteiger partial charge in [-0.1, -0.05) is 0 Å². The number of rotatable bonds is 2. The predicted molar refractivity (Wildman–Crippen MR) is 48.5 cm³/mol. The van der Waals surface area contributed by atoms with Crippen molar-refractivity contribution in [2.45, 2.75) is 18.9 Å². The molecule has 2 rings (SSSR count). The minimum absolute atomic E-state index is 0.469. The van der Waals surface area contributed by atoms with Crippen molar-refractivity contribution in [2.24, 2.45) is 7.05 Å². The third-order valence-corrected chi connectivity index (χ3v) is 2.15. The standard InChI is InChI=1S/C8H14N4O/c1-12-6-9-8(11-12)10-7-2-4-13-5-3-7/h6-7H,2-5H2,1H3,(H,10,11). The van der Waals surface area contributed by atoms with Crippen molar-refractivity contribution in [3.05, 3.63) is 6.33 Å². The second-order valence-corrected chi connectivity index (χ2v) is 3.27. The first kappa shape index (κ1) is 8.50. The van der Waals surface area contributed by atoms with Gasteiger partial charge in [0.2, 0.25) is 5.95 Å². The van der Waals surface area contributed by atoms with Gasteiger partial charge in [0, 0.05) is 26.3 Å². The highest BCUT2D eigenvalue weighted by atomic mass is 16.5. The Hall–Kier alpha value is -1.10. The minimum atomic E-state index is 0.469. The quantitative estimate of drug-likeness (QED) is 0.719. The zero-order valence-electron chi connectivity index (χ0n) is 7.73. The van der Waals surface area contributed by atoms with Gasteiger partial charge >= 0.3 is 0 Å². The molecule has 72 valence electrons. The Kier molecular flexibility index (Phi) is 2.44. The highest BCUT2D eigenvalue weighted by Crippen LogP contribution is 2.10. The van der Waals surface area contributed by atoms with Crippen molar-refractivity contribution in [1.29, 1.82) is 0 Å². The van der Waals surface area contributed by atoms with E-state index in [1.54, 1.807) is 11.0 Å². The monoisotopic (exact) mass is 182 g/mol. The smallest absolute Gasteiger partial charge is 0.242 e. The maximum atomic E-state index is 5.26. The lowest BCUT2D eigenvalue weighted by molar-refractivity contribution is 0.0903. The van der Waals surface area contributed by atoms with Gasteiger partial charge in [-0.15, -0.1) is 5.10 Å². The fourth-order valence-corrected chi connectivity index (χ4v) is 1.43. The Morgan fingerprint density at radius 3 is 2.92 bits per heavy atom. The summed E-state index contributed by atoms with van der Waals surface area (Å²) < 4.78 is 6.95. The average molecular weight is 182 g/mol. The summed E-state index contributed by atoms with van der Waals surface area (Å²) in [4.78, 5) is 4.11. The van der Waals surface area contributed by atoms with E-state index in [0.29, 0.717) is 6.04 Å². The minimum Gasteiger partial charge on any atom is -0.381 e. The normalized spacial score (nSPS) is 18.8. The number of anilines is 1. The number of hydrogen-bond donors (Lipinski definition) is 1. The Labute approximate surface area is 77.1 Å². The molecule has 0 aliphatic carbocycles. The van der Waals surface area contributed by atoms with Crippen molar-refractivity contribution >= 4 is 5.95 Å². The summed E-state index contributed by atoms with van der Waals surface area (Å²) >= 11 is 0. The van der Waals surface area contributed by atoms with Crippen LogP contribution in [0.5, 0.6) is 0 Å². The Morgan fingerprint density at radius 1 is 1.54 bits per heavy atom. The van der Waals surface area contributed by atoms with Gasteiger partial charge in [-0.25, -0.2) is 4.98 Å². The molecule has 1 aliphatic heterocycles. The number of nitrogens with one attached hydrogen (secondary N) is 1. The molecular weight excluding hydrogens is 168 g/mol. The molecule has 0 aromatic carbocycles. The Morgan fingerprint density at radius 2 is 2.31 bits per heavy atom. The molecule has 0 unspecified atom stereocenters. The number of aromatic nitrogens is 3. The van der Waals surface area contributed by atoms with Gasteiger partial charge in [-0.2, -0.15) is 0 Å². The summed E-state index contributed by atoms with van der Waals surface area (Å²) in [5.74, 6) is 0.717. The lowest BCUT2D eigenvalue weighted by Gasteiger charge is -2.22. The van der Waals surface area contributed by atoms with Crippen LogP contribution in [-0.4, -0.2) is 34.0 Å². The summed E-state index contributed by atoms with van der Waals surface area (Å²) in [5.41, 5.74) is 0. The molecule has 1 saturated heterocycles. The molecule has 5 heteroatoms. The van der Waals surface area contributed by atoms with Gasteiger partial charge in [0.15, 0.2) is 0 Å². The van der Waals surface area contributed by atoms with E-state index in [9.17, 15) is 0 Å². The molecule has 1 aromatic heterocycles. The number of hydrogen-bond acceptors (Lipinski definition) is 4. The van der Waals surface area contributed by atoms with Crippen LogP contribution in [0.2, 0.25) is 0 Å². The third kappa shape index (κ3) is 2.18. The molecule has 1 N–H and O–H groups in total. The summed E-state index contributed by atoms with van der Waals surface area (Å²) in [6, 6.07) is 0.469. The molecular formula is C8H14N4O. The molecule has 1 aromatic rings. The molecule has 0 atom stereocenters. The van der Waals surface area contributed by atoms with Crippen molar-refractivity contribution in [2.75, 3.05) is 18.5 Å². The van der Waals surface area contributed by atoms with Gasteiger partial charge in [-0.05, 0) is 12.8 Å². The molecule has 0 bridgehead atoms. The van der Waals surface area contributed by atoms with E-state index >= 15 is 0 Å². The van der Waals surface area contributed by atoms with Crippen LogP contribution >= 0.6 is 0 Å². The number of ether oxygens (including phenoxy) is 1. The summed E-state index contributed by atoms with van der Waals surface area (Å²) in [6.07, 6.45) is 3.78. The average Bonchev–Trinajstić information content (AvgIpc) is 2.53. The van der Waals surface area contributed by atoms with Gasteiger partial charge in [-0.3, -0.25) is 4.68 Å². The van der Waals surface area contributed by atoms with E-state index in [0.717, 1.165) is 32.0 Å². The van der Waals surface area contributed by atoms with Crippen molar-refractivity contribution < 1.29 is 4.74 Å². The SMILES string of the molecule is Cn1cnc(NC2CCOCC2)n1. The van der Waals surface area contributed by atoms with E-state index in [4.69, 9.17) is 4.74 Å². The molecule has 13 heavy (non-hydrogen) atoms. The van der Waals surface area contributed by atoms with Crippen LogP contribution in [0.25, 0.3) is 0 Å². The second-order valence-electron chi connectivity index (χ2n) is 3.27. The van der Waals surface area contributed by atoms with Crippen LogP contribution in [0.15, 0.2) is 6.33 Å². The van der Waals surface area contributed by atoms with Crippen LogP contribution in [-0.2, 0) is 11.8 Å². The first-order valence-electron chi connectivity index (χ1n) is 4.54. The molecule has 2 heterocycles. The van der Waals surface area contributed by atoms with E-state index in [1.165, 1.54) is 0 Å². The molecule has 0 amide bonds. The highest BCUT2D eigenvalue weighted by molar-refractivity contribution is 5.22. The van der Waals surface area contributed by atoms with Crippen LogP contribution in [0, 0.1) is 0 Å². The van der Waals surface area contributed by atoms with Gasteiger partial charge in [0.25, 0.3) is 0 Å². The van der Waals surface area contributed by atoms with E-state index < -0.39 is 0 Å². The Bertz CT molecular complexity index is 267. The first-order valence-corrected chi connectivity index (χ1v) is 4.54. The zero-order valence-corrected chi connectivity index (χ0v) is 7.73. The zero-order chi connectivity index (χ0) is 9.10. The van der Waals surface area contributed by atoms with Crippen molar-refractivity contribution in [3.8, 4) is 0 Å². The summed E-state index contributed by atoms with van der Waals surface area (Å²) in [5, 5.41) is 7.44. The molecule has 1 fully saturated rings. The second kappa shape index (κ2) is 3.74. The van der Waals surface area contributed by atoms with Crippen molar-refractivity contribution in [3.63, 3.8) is 0 Å². The van der Waals surface area contributed by atoms with Crippen LogP contribution in [0.4, 0.5) is 5.95 Å². The van der Waals surface area contributed by atoms with Crippen LogP contribution < -0.4 is 5.32 Å². The van der Waals surface area contributed by atoms with E-state index in [2.05, 4.69) is 15.4 Å². The van der Waals surface area contributed by atoms with Gasteiger partial charge < -0.3 is 10.1 Å². The maximum Gasteiger partial charge on any atom is 0.242 e. The number of aryl methyl sites for hydroxylation is 1. The molecule has 0 spiro atoms. The predicted octanol–water partition coefficient (Wildman–Crippen LogP) is 0.406. The van der Waals surface area contributed by atoms with Crippen LogP contribution in [0.3, 0.4) is 0 Å². The Balaban J connectivity index is 1.89. The first-order chi connectivity index (χ1) is 6.34. The fourth-order valence-electron chi connectivity index (χ4n) is 1.43. The van der Waals surface area contributed by atoms with Crippen LogP contribution in [0.1, 0.15) is 12.8 Å². The van der Waals surface area contributed by atoms with E-state index in [-0.39, 0.29) is 0 Å². The molecule has 1 aliphatic rings. The fraction of sp³-hybridized carbons (Fsp3) is 0.750. The van der Waals surface area contributed by atoms with Crippen molar-refractivity contribution in [1.82, 2.24) is 14.8 Å². The maximum absolute atomic E-state index is 5.26. The lowest BCUT2D eigenvalue weighted by Crippen LogP contribution is -2.28. The lowest BCUT2D eigenvalue weighted by atomic mass is 10.1. The molecule has 0 saturated carbocycles. The topological polar surface area (TPSA) is 52.0 Å². The third-order valence-electron chi connectivity index (χ3n) is 2.15. The van der Waals surface area contributed by atoms with Gasteiger partial charge in [0.1, 0.15) is 6.33 Å². The van der Waals surface area contributed by atoms with E-state index in [1.807, 2.05) is 7.05 Å². The molecule has 5 nitrogen and oxygen atoms in total. The summed E-state index contributed by atoms with van der Waals surface area (Å²) in [6.45, 7) is 1.68. The number of nitrogens with zero attached hydrogens (tertiary/aromatic N) is 3. The molecule has 0 radical (unpaired) electrons. The van der Waals surface area contributed by atoms with Gasteiger partial charge in [0.05, 0.1) is 0 Å². The summed E-state index contributed by atoms with van der Waals surface area (Å²) in [7, 11) is 1.86. The largest absolute Gasteiger partial charge is 0.381 e.